The third-order valence-electron chi connectivity index (χ3n) is 4.20. The van der Waals surface area contributed by atoms with Crippen LogP contribution >= 0.6 is 0 Å². The molecule has 2 heterocycles. The lowest BCUT2D eigenvalue weighted by Crippen LogP contribution is -2.51. The maximum Gasteiger partial charge on any atom is 0.246 e. The Hall–Kier alpha value is -1.46. The fourth-order valence-electron chi connectivity index (χ4n) is 2.90. The molecule has 1 aliphatic rings. The van der Waals surface area contributed by atoms with Crippen LogP contribution in [-0.4, -0.2) is 60.0 Å². The minimum absolute atomic E-state index is 0.193. The van der Waals surface area contributed by atoms with Gasteiger partial charge in [0.25, 0.3) is 0 Å². The van der Waals surface area contributed by atoms with E-state index in [4.69, 9.17) is 0 Å². The van der Waals surface area contributed by atoms with Crippen LogP contribution in [0.25, 0.3) is 0 Å². The number of carbonyl (C=O) groups excluding carboxylic acids is 1. The molecule has 0 spiro atoms. The van der Waals surface area contributed by atoms with Crippen molar-refractivity contribution >= 4 is 5.91 Å². The Bertz CT molecular complexity index is 445. The van der Waals surface area contributed by atoms with Gasteiger partial charge in [0, 0.05) is 32.4 Å². The first-order valence-electron chi connectivity index (χ1n) is 8.42. The minimum atomic E-state index is -0.254. The second kappa shape index (κ2) is 8.86. The number of unbranched alkanes of at least 4 members (excludes halogenated alkanes) is 1. The molecule has 122 valence electrons. The number of amides is 1. The number of nitrogens with one attached hydrogen (secondary N) is 1. The summed E-state index contributed by atoms with van der Waals surface area (Å²) >= 11 is 0. The summed E-state index contributed by atoms with van der Waals surface area (Å²) in [5, 5.41) is 3.30. The first kappa shape index (κ1) is 16.9. The third-order valence-corrected chi connectivity index (χ3v) is 4.20. The van der Waals surface area contributed by atoms with E-state index in [1.807, 2.05) is 23.1 Å². The summed E-state index contributed by atoms with van der Waals surface area (Å²) in [7, 11) is 0. The van der Waals surface area contributed by atoms with Crippen molar-refractivity contribution in [3.8, 4) is 0 Å². The zero-order chi connectivity index (χ0) is 15.8. The van der Waals surface area contributed by atoms with E-state index in [-0.39, 0.29) is 11.9 Å². The number of aromatic nitrogens is 1. The largest absolute Gasteiger partial charge is 0.338 e. The topological polar surface area (TPSA) is 48.5 Å². The molecular weight excluding hydrogens is 276 g/mol. The summed E-state index contributed by atoms with van der Waals surface area (Å²) in [5.41, 5.74) is 0.865. The molecule has 0 saturated carbocycles. The SMILES string of the molecule is CCCCN(CC)C(C(=O)N1CCNCC1)c1ccccn1. The van der Waals surface area contributed by atoms with Crippen molar-refractivity contribution in [1.29, 1.82) is 0 Å². The Morgan fingerprint density at radius 3 is 2.73 bits per heavy atom. The second-order valence-electron chi connectivity index (χ2n) is 5.71. The highest BCUT2D eigenvalue weighted by Gasteiger charge is 2.31. The van der Waals surface area contributed by atoms with E-state index in [1.165, 1.54) is 0 Å². The van der Waals surface area contributed by atoms with Crippen LogP contribution < -0.4 is 5.32 Å². The predicted octanol–water partition coefficient (Wildman–Crippen LogP) is 1.68. The Morgan fingerprint density at radius 2 is 2.14 bits per heavy atom. The fraction of sp³-hybridized carbons (Fsp3) is 0.647. The molecular formula is C17H28N4O. The van der Waals surface area contributed by atoms with Gasteiger partial charge in [-0.2, -0.15) is 0 Å². The summed E-state index contributed by atoms with van der Waals surface area (Å²) in [5.74, 6) is 0.193. The van der Waals surface area contributed by atoms with Gasteiger partial charge >= 0.3 is 0 Å². The molecule has 1 aromatic rings. The van der Waals surface area contributed by atoms with Crippen LogP contribution in [0.15, 0.2) is 24.4 Å². The molecule has 1 N–H and O–H groups in total. The molecule has 5 heteroatoms. The van der Waals surface area contributed by atoms with Gasteiger partial charge < -0.3 is 10.2 Å². The Balaban J connectivity index is 2.21. The quantitative estimate of drug-likeness (QED) is 0.832. The molecule has 1 aliphatic heterocycles. The van der Waals surface area contributed by atoms with Gasteiger partial charge in [0.15, 0.2) is 0 Å². The molecule has 1 fully saturated rings. The molecule has 5 nitrogen and oxygen atoms in total. The van der Waals surface area contributed by atoms with Gasteiger partial charge in [-0.3, -0.25) is 14.7 Å². The van der Waals surface area contributed by atoms with Crippen LogP contribution in [0.2, 0.25) is 0 Å². The van der Waals surface area contributed by atoms with E-state index >= 15 is 0 Å². The van der Waals surface area contributed by atoms with Gasteiger partial charge in [0.1, 0.15) is 6.04 Å². The van der Waals surface area contributed by atoms with Crippen LogP contribution in [0.1, 0.15) is 38.4 Å². The molecule has 2 rings (SSSR count). The number of hydrogen-bond donors (Lipinski definition) is 1. The summed E-state index contributed by atoms with van der Waals surface area (Å²) in [6.45, 7) is 9.42. The summed E-state index contributed by atoms with van der Waals surface area (Å²) in [4.78, 5) is 21.8. The van der Waals surface area contributed by atoms with Crippen LogP contribution in [0.5, 0.6) is 0 Å². The van der Waals surface area contributed by atoms with Crippen LogP contribution in [-0.2, 0) is 4.79 Å². The highest BCUT2D eigenvalue weighted by Crippen LogP contribution is 2.22. The highest BCUT2D eigenvalue weighted by atomic mass is 16.2. The number of piperazine rings is 1. The van der Waals surface area contributed by atoms with E-state index < -0.39 is 0 Å². The Labute approximate surface area is 133 Å². The lowest BCUT2D eigenvalue weighted by atomic mass is 10.1. The van der Waals surface area contributed by atoms with Crippen molar-refractivity contribution in [2.45, 2.75) is 32.7 Å². The van der Waals surface area contributed by atoms with Crippen molar-refractivity contribution in [2.24, 2.45) is 0 Å². The van der Waals surface area contributed by atoms with Gasteiger partial charge in [0.2, 0.25) is 5.91 Å². The highest BCUT2D eigenvalue weighted by molar-refractivity contribution is 5.83. The normalized spacial score (nSPS) is 16.8. The maximum atomic E-state index is 13.1. The first-order chi connectivity index (χ1) is 10.8. The monoisotopic (exact) mass is 304 g/mol. The van der Waals surface area contributed by atoms with Crippen molar-refractivity contribution in [2.75, 3.05) is 39.3 Å². The lowest BCUT2D eigenvalue weighted by Gasteiger charge is -2.35. The molecule has 0 aromatic carbocycles. The van der Waals surface area contributed by atoms with Crippen LogP contribution in [0, 0.1) is 0 Å². The predicted molar refractivity (Wildman–Crippen MR) is 88.6 cm³/mol. The lowest BCUT2D eigenvalue weighted by molar-refractivity contribution is -0.138. The molecule has 1 unspecified atom stereocenters. The van der Waals surface area contributed by atoms with Gasteiger partial charge in [0.05, 0.1) is 5.69 Å². The summed E-state index contributed by atoms with van der Waals surface area (Å²) in [6.07, 6.45) is 4.01. The molecule has 0 radical (unpaired) electrons. The van der Waals surface area contributed by atoms with Crippen LogP contribution in [0.3, 0.4) is 0 Å². The number of hydrogen-bond acceptors (Lipinski definition) is 4. The molecule has 0 bridgehead atoms. The van der Waals surface area contributed by atoms with Gasteiger partial charge in [-0.1, -0.05) is 26.3 Å². The molecule has 22 heavy (non-hydrogen) atoms. The number of carbonyl (C=O) groups is 1. The zero-order valence-electron chi connectivity index (χ0n) is 13.8. The average Bonchev–Trinajstić information content (AvgIpc) is 2.59. The number of likely N-dealkylation sites (N-methyl/N-ethyl adjacent to an activating group) is 1. The molecule has 0 aliphatic carbocycles. The van der Waals surface area contributed by atoms with E-state index in [0.717, 1.165) is 57.8 Å². The minimum Gasteiger partial charge on any atom is -0.338 e. The van der Waals surface area contributed by atoms with E-state index in [2.05, 4.69) is 29.0 Å². The van der Waals surface area contributed by atoms with Gasteiger partial charge in [-0.15, -0.1) is 0 Å². The van der Waals surface area contributed by atoms with Crippen molar-refractivity contribution in [3.63, 3.8) is 0 Å². The molecule has 1 amide bonds. The molecule has 1 aromatic heterocycles. The van der Waals surface area contributed by atoms with Crippen LogP contribution in [0.4, 0.5) is 0 Å². The summed E-state index contributed by atoms with van der Waals surface area (Å²) in [6, 6.07) is 5.59. The Kier molecular flexibility index (Phi) is 6.80. The van der Waals surface area contributed by atoms with E-state index in [9.17, 15) is 4.79 Å². The fourth-order valence-corrected chi connectivity index (χ4v) is 2.90. The van der Waals surface area contributed by atoms with E-state index in [1.54, 1.807) is 6.20 Å². The van der Waals surface area contributed by atoms with E-state index in [0.29, 0.717) is 0 Å². The number of nitrogens with zero attached hydrogens (tertiary/aromatic N) is 3. The average molecular weight is 304 g/mol. The number of rotatable bonds is 7. The summed E-state index contributed by atoms with van der Waals surface area (Å²) < 4.78 is 0. The smallest absolute Gasteiger partial charge is 0.246 e. The standard InChI is InChI=1S/C17H28N4O/c1-3-5-12-20(4-2)16(15-8-6-7-9-19-15)17(22)21-13-10-18-11-14-21/h6-9,16,18H,3-5,10-14H2,1-2H3. The maximum absolute atomic E-state index is 13.1. The first-order valence-corrected chi connectivity index (χ1v) is 8.42. The van der Waals surface area contributed by atoms with Crippen molar-refractivity contribution < 1.29 is 4.79 Å². The molecule has 1 atom stereocenters. The molecule has 1 saturated heterocycles. The zero-order valence-corrected chi connectivity index (χ0v) is 13.8. The second-order valence-corrected chi connectivity index (χ2v) is 5.71. The third kappa shape index (κ3) is 4.27. The van der Waals surface area contributed by atoms with Crippen molar-refractivity contribution in [1.82, 2.24) is 20.1 Å². The van der Waals surface area contributed by atoms with Gasteiger partial charge in [-0.05, 0) is 31.6 Å². The van der Waals surface area contributed by atoms with Crippen molar-refractivity contribution in [3.05, 3.63) is 30.1 Å². The Morgan fingerprint density at radius 1 is 1.36 bits per heavy atom. The van der Waals surface area contributed by atoms with Gasteiger partial charge in [-0.25, -0.2) is 0 Å². The number of pyridine rings is 1.